The fourth-order valence-electron chi connectivity index (χ4n) is 3.91. The van der Waals surface area contributed by atoms with Gasteiger partial charge in [-0.25, -0.2) is 4.79 Å². The minimum absolute atomic E-state index is 0.274. The highest BCUT2D eigenvalue weighted by molar-refractivity contribution is 6.06. The minimum Gasteiger partial charge on any atom is -0.423 e. The number of aromatic nitrogens is 4. The van der Waals surface area contributed by atoms with Crippen molar-refractivity contribution in [1.82, 2.24) is 20.2 Å². The Hall–Kier alpha value is -4.79. The van der Waals surface area contributed by atoms with Gasteiger partial charge in [0.2, 0.25) is 5.95 Å². The van der Waals surface area contributed by atoms with Gasteiger partial charge >= 0.3 is 5.97 Å². The molecule has 1 aliphatic rings. The summed E-state index contributed by atoms with van der Waals surface area (Å²) in [7, 11) is 0. The maximum absolute atomic E-state index is 13.4. The molecule has 3 aromatic carbocycles. The average Bonchev–Trinajstić information content (AvgIpc) is 3.33. The van der Waals surface area contributed by atoms with E-state index in [1.165, 1.54) is 0 Å². The molecule has 5 rings (SSSR count). The first-order valence-electron chi connectivity index (χ1n) is 11.0. The Labute approximate surface area is 201 Å². The van der Waals surface area contributed by atoms with Crippen LogP contribution in [0.1, 0.15) is 34.5 Å². The number of benzene rings is 3. The number of aryl methyl sites for hydroxylation is 1. The van der Waals surface area contributed by atoms with E-state index in [-0.39, 0.29) is 5.91 Å². The third kappa shape index (κ3) is 4.51. The molecule has 2 N–H and O–H groups in total. The largest absolute Gasteiger partial charge is 0.423 e. The van der Waals surface area contributed by atoms with Gasteiger partial charge in [0.1, 0.15) is 11.8 Å². The number of amides is 1. The Bertz CT molecular complexity index is 1410. The van der Waals surface area contributed by atoms with Gasteiger partial charge < -0.3 is 15.4 Å². The summed E-state index contributed by atoms with van der Waals surface area (Å²) in [4.78, 5) is 25.8. The number of nitrogens with one attached hydrogen (secondary N) is 2. The van der Waals surface area contributed by atoms with Crippen molar-refractivity contribution in [1.29, 1.82) is 0 Å². The Morgan fingerprint density at radius 2 is 1.66 bits per heavy atom. The number of carbonyl (C=O) groups excluding carboxylic acids is 2. The molecule has 0 fully saturated rings. The molecule has 9 heteroatoms. The molecule has 2 heterocycles. The molecule has 1 atom stereocenters. The van der Waals surface area contributed by atoms with Crippen LogP contribution in [0.15, 0.2) is 90.1 Å². The number of hydrogen-bond donors (Lipinski definition) is 2. The number of ether oxygens (including phenoxy) is 1. The molecular weight excluding hydrogens is 444 g/mol. The monoisotopic (exact) mass is 466 g/mol. The predicted octanol–water partition coefficient (Wildman–Crippen LogP) is 4.13. The first kappa shape index (κ1) is 22.0. The van der Waals surface area contributed by atoms with Gasteiger partial charge in [-0.2, -0.15) is 4.68 Å². The quantitative estimate of drug-likeness (QED) is 0.336. The highest BCUT2D eigenvalue weighted by Gasteiger charge is 2.34. The Kier molecular flexibility index (Phi) is 5.80. The minimum atomic E-state index is -0.578. The lowest BCUT2D eigenvalue weighted by atomic mass is 9.95. The van der Waals surface area contributed by atoms with Gasteiger partial charge in [-0.1, -0.05) is 53.1 Å². The highest BCUT2D eigenvalue weighted by atomic mass is 16.5. The molecule has 0 spiro atoms. The number of anilines is 2. The number of nitrogens with zero attached hydrogens (tertiary/aromatic N) is 4. The van der Waals surface area contributed by atoms with Crippen LogP contribution in [0, 0.1) is 6.92 Å². The fourth-order valence-corrected chi connectivity index (χ4v) is 3.91. The van der Waals surface area contributed by atoms with Crippen molar-refractivity contribution in [2.75, 3.05) is 10.6 Å². The number of tetrazole rings is 1. The van der Waals surface area contributed by atoms with E-state index >= 15 is 0 Å². The molecule has 174 valence electrons. The molecular formula is C26H22N6O3. The zero-order valence-electron chi connectivity index (χ0n) is 19.1. The first-order valence-corrected chi connectivity index (χ1v) is 11.0. The topological polar surface area (TPSA) is 111 Å². The molecule has 0 aliphatic carbocycles. The van der Waals surface area contributed by atoms with Gasteiger partial charge in [-0.15, -0.1) is 0 Å². The first-order chi connectivity index (χ1) is 17.0. The lowest BCUT2D eigenvalue weighted by molar-refractivity contribution is -0.113. The molecule has 9 nitrogen and oxygen atoms in total. The summed E-state index contributed by atoms with van der Waals surface area (Å²) < 4.78 is 7.05. The maximum Gasteiger partial charge on any atom is 0.343 e. The fraction of sp³-hybridized carbons (Fsp3) is 0.115. The van der Waals surface area contributed by atoms with Crippen molar-refractivity contribution in [3.63, 3.8) is 0 Å². The number of rotatable bonds is 5. The standard InChI is InChI=1S/C26H22N6O3/c1-16-8-12-20(13-9-16)28-24(33)22-17(2)27-26-29-30-31-32(26)23(22)18-10-14-21(15-11-18)35-25(34)19-6-4-3-5-7-19/h3-15,23H,1-2H3,(H,28,33)(H,27,29,31). The van der Waals surface area contributed by atoms with Crippen LogP contribution in [-0.2, 0) is 4.79 Å². The summed E-state index contributed by atoms with van der Waals surface area (Å²) in [6, 6.07) is 22.7. The van der Waals surface area contributed by atoms with Crippen LogP contribution < -0.4 is 15.4 Å². The summed E-state index contributed by atoms with van der Waals surface area (Å²) >= 11 is 0. The Balaban J connectivity index is 1.43. The van der Waals surface area contributed by atoms with Crippen LogP contribution in [0.2, 0.25) is 0 Å². The van der Waals surface area contributed by atoms with Crippen molar-refractivity contribution in [3.05, 3.63) is 107 Å². The SMILES string of the molecule is CC1=C(C(=O)Nc2ccc(C)cc2)C(c2ccc(OC(=O)c3ccccc3)cc2)n2nnnc2N1. The zero-order chi connectivity index (χ0) is 24.4. The van der Waals surface area contributed by atoms with E-state index in [0.29, 0.717) is 34.2 Å². The van der Waals surface area contributed by atoms with E-state index in [0.717, 1.165) is 11.1 Å². The van der Waals surface area contributed by atoms with Crippen molar-refractivity contribution in [2.24, 2.45) is 0 Å². The van der Waals surface area contributed by atoms with Gasteiger partial charge in [0.25, 0.3) is 5.91 Å². The predicted molar refractivity (Wildman–Crippen MR) is 130 cm³/mol. The van der Waals surface area contributed by atoms with Gasteiger partial charge in [-0.05, 0) is 66.2 Å². The molecule has 35 heavy (non-hydrogen) atoms. The van der Waals surface area contributed by atoms with E-state index in [4.69, 9.17) is 4.74 Å². The summed E-state index contributed by atoms with van der Waals surface area (Å²) in [5.41, 5.74) is 4.11. The number of hydrogen-bond acceptors (Lipinski definition) is 7. The van der Waals surface area contributed by atoms with Crippen LogP contribution in [0.25, 0.3) is 0 Å². The average molecular weight is 467 g/mol. The van der Waals surface area contributed by atoms with Crippen LogP contribution in [0.5, 0.6) is 5.75 Å². The maximum atomic E-state index is 13.4. The third-order valence-electron chi connectivity index (χ3n) is 5.68. The normalized spacial score (nSPS) is 14.6. The smallest absolute Gasteiger partial charge is 0.343 e. The third-order valence-corrected chi connectivity index (χ3v) is 5.68. The van der Waals surface area contributed by atoms with E-state index in [1.807, 2.05) is 44.2 Å². The van der Waals surface area contributed by atoms with Gasteiger partial charge in [-0.3, -0.25) is 4.79 Å². The van der Waals surface area contributed by atoms with Crippen molar-refractivity contribution in [3.8, 4) is 5.75 Å². The second kappa shape index (κ2) is 9.22. The molecule has 0 saturated heterocycles. The van der Waals surface area contributed by atoms with E-state index in [2.05, 4.69) is 26.2 Å². The second-order valence-electron chi connectivity index (χ2n) is 8.16. The van der Waals surface area contributed by atoms with Crippen molar-refractivity contribution < 1.29 is 14.3 Å². The number of allylic oxidation sites excluding steroid dienone is 1. The number of esters is 1. The van der Waals surface area contributed by atoms with E-state index in [1.54, 1.807) is 53.2 Å². The molecule has 1 aromatic heterocycles. The van der Waals surface area contributed by atoms with Gasteiger partial charge in [0.05, 0.1) is 11.1 Å². The highest BCUT2D eigenvalue weighted by Crippen LogP contribution is 2.35. The van der Waals surface area contributed by atoms with Crippen LogP contribution >= 0.6 is 0 Å². The second-order valence-corrected chi connectivity index (χ2v) is 8.16. The molecule has 4 aromatic rings. The number of carbonyl (C=O) groups is 2. The summed E-state index contributed by atoms with van der Waals surface area (Å²) in [6.45, 7) is 3.80. The lowest BCUT2D eigenvalue weighted by Crippen LogP contribution is -2.31. The molecule has 1 unspecified atom stereocenters. The van der Waals surface area contributed by atoms with Crippen LogP contribution in [0.3, 0.4) is 0 Å². The van der Waals surface area contributed by atoms with Crippen LogP contribution in [-0.4, -0.2) is 32.1 Å². The van der Waals surface area contributed by atoms with E-state index in [9.17, 15) is 9.59 Å². The van der Waals surface area contributed by atoms with Crippen molar-refractivity contribution in [2.45, 2.75) is 19.9 Å². The number of fused-ring (bicyclic) bond motifs is 1. The Morgan fingerprint density at radius 3 is 2.37 bits per heavy atom. The van der Waals surface area contributed by atoms with Crippen LogP contribution in [0.4, 0.5) is 11.6 Å². The van der Waals surface area contributed by atoms with Gasteiger partial charge in [0, 0.05) is 11.4 Å². The molecule has 1 aliphatic heterocycles. The summed E-state index contributed by atoms with van der Waals surface area (Å²) in [5.74, 6) is 0.0975. The van der Waals surface area contributed by atoms with E-state index < -0.39 is 12.0 Å². The lowest BCUT2D eigenvalue weighted by Gasteiger charge is -2.28. The summed E-state index contributed by atoms with van der Waals surface area (Å²) in [5, 5.41) is 17.9. The molecule has 0 saturated carbocycles. The Morgan fingerprint density at radius 1 is 0.943 bits per heavy atom. The molecule has 1 amide bonds. The summed E-state index contributed by atoms with van der Waals surface area (Å²) in [6.07, 6.45) is 0. The molecule has 0 bridgehead atoms. The zero-order valence-corrected chi connectivity index (χ0v) is 19.1. The molecule has 0 radical (unpaired) electrons. The van der Waals surface area contributed by atoms with Gasteiger partial charge in [0.15, 0.2) is 0 Å². The van der Waals surface area contributed by atoms with Crippen molar-refractivity contribution >= 4 is 23.5 Å².